The molecule has 0 aliphatic rings. The molecular formula is C20H16N4O3S. The molecule has 0 unspecified atom stereocenters. The Bertz CT molecular complexity index is 1020. The second-order valence-electron chi connectivity index (χ2n) is 5.83. The quantitative estimate of drug-likeness (QED) is 0.385. The number of nitrogens with one attached hydrogen (secondary N) is 1. The Kier molecular flexibility index (Phi) is 6.13. The fraction of sp³-hybridized carbons (Fsp3) is 0.0500. The molecule has 1 amide bonds. The summed E-state index contributed by atoms with van der Waals surface area (Å²) in [7, 11) is 0. The molecule has 0 fully saturated rings. The van der Waals surface area contributed by atoms with Crippen LogP contribution in [-0.4, -0.2) is 22.0 Å². The number of hydrogen-bond donors (Lipinski definition) is 1. The van der Waals surface area contributed by atoms with E-state index >= 15 is 0 Å². The minimum Gasteiger partial charge on any atom is -0.267 e. The summed E-state index contributed by atoms with van der Waals surface area (Å²) < 4.78 is 0. The van der Waals surface area contributed by atoms with Gasteiger partial charge in [0.2, 0.25) is 0 Å². The number of nitro benzene ring substituents is 1. The van der Waals surface area contributed by atoms with E-state index in [1.54, 1.807) is 24.3 Å². The van der Waals surface area contributed by atoms with Crippen molar-refractivity contribution < 1.29 is 9.72 Å². The first-order valence-electron chi connectivity index (χ1n) is 8.29. The van der Waals surface area contributed by atoms with Gasteiger partial charge in [-0.2, -0.15) is 5.10 Å². The van der Waals surface area contributed by atoms with Crippen molar-refractivity contribution in [3.63, 3.8) is 0 Å². The lowest BCUT2D eigenvalue weighted by Gasteiger charge is -2.05. The number of hydrazone groups is 1. The number of aromatic nitrogens is 1. The van der Waals surface area contributed by atoms with Crippen LogP contribution in [0.5, 0.6) is 0 Å². The van der Waals surface area contributed by atoms with Gasteiger partial charge in [-0.3, -0.25) is 19.9 Å². The lowest BCUT2D eigenvalue weighted by atomic mass is 10.2. The molecule has 140 valence electrons. The van der Waals surface area contributed by atoms with E-state index in [9.17, 15) is 14.9 Å². The van der Waals surface area contributed by atoms with Crippen molar-refractivity contribution in [2.75, 3.05) is 0 Å². The molecule has 0 radical (unpaired) electrons. The average Bonchev–Trinajstić information content (AvgIpc) is 2.71. The summed E-state index contributed by atoms with van der Waals surface area (Å²) in [6.45, 7) is 1.98. The molecule has 0 saturated heterocycles. The molecule has 0 spiro atoms. The van der Waals surface area contributed by atoms with Crippen LogP contribution in [0.4, 0.5) is 5.69 Å². The van der Waals surface area contributed by atoms with Crippen molar-refractivity contribution in [2.24, 2.45) is 5.10 Å². The summed E-state index contributed by atoms with van der Waals surface area (Å²) in [6, 6.07) is 15.7. The lowest BCUT2D eigenvalue weighted by molar-refractivity contribution is -0.387. The Morgan fingerprint density at radius 3 is 2.54 bits per heavy atom. The SMILES string of the molecule is Cc1ccc(Sc2ccc(C=NNC(=O)c3ccncc3)cc2[N+](=O)[O-])cc1. The fourth-order valence-electron chi connectivity index (χ4n) is 2.31. The van der Waals surface area contributed by atoms with E-state index in [-0.39, 0.29) is 11.6 Å². The number of pyridine rings is 1. The Labute approximate surface area is 165 Å². The van der Waals surface area contributed by atoms with Crippen LogP contribution in [0, 0.1) is 17.0 Å². The Hall–Kier alpha value is -3.52. The van der Waals surface area contributed by atoms with Gasteiger partial charge in [0.15, 0.2) is 0 Å². The van der Waals surface area contributed by atoms with Crippen LogP contribution in [0.15, 0.2) is 81.9 Å². The Balaban J connectivity index is 1.74. The predicted octanol–water partition coefficient (Wildman–Crippen LogP) is 4.21. The van der Waals surface area contributed by atoms with E-state index in [0.717, 1.165) is 10.5 Å². The molecular weight excluding hydrogens is 376 g/mol. The molecule has 0 saturated carbocycles. The molecule has 1 N–H and O–H groups in total. The maximum Gasteiger partial charge on any atom is 0.283 e. The highest BCUT2D eigenvalue weighted by Crippen LogP contribution is 2.35. The van der Waals surface area contributed by atoms with E-state index in [1.807, 2.05) is 31.2 Å². The van der Waals surface area contributed by atoms with Crippen molar-refractivity contribution in [2.45, 2.75) is 16.7 Å². The van der Waals surface area contributed by atoms with Gasteiger partial charge in [-0.25, -0.2) is 5.43 Å². The van der Waals surface area contributed by atoms with Gasteiger partial charge < -0.3 is 0 Å². The molecule has 0 bridgehead atoms. The maximum absolute atomic E-state index is 11.9. The second-order valence-corrected chi connectivity index (χ2v) is 6.95. The number of amides is 1. The fourth-order valence-corrected chi connectivity index (χ4v) is 3.21. The van der Waals surface area contributed by atoms with Gasteiger partial charge in [0, 0.05) is 34.5 Å². The van der Waals surface area contributed by atoms with Crippen LogP contribution in [0.3, 0.4) is 0 Å². The molecule has 1 aromatic heterocycles. The molecule has 1 heterocycles. The zero-order valence-corrected chi connectivity index (χ0v) is 15.7. The number of carbonyl (C=O) groups excluding carboxylic acids is 1. The highest BCUT2D eigenvalue weighted by atomic mass is 32.2. The number of aryl methyl sites for hydroxylation is 1. The van der Waals surface area contributed by atoms with Gasteiger partial charge in [0.05, 0.1) is 16.0 Å². The minimum absolute atomic E-state index is 0.0185. The van der Waals surface area contributed by atoms with Crippen molar-refractivity contribution in [3.8, 4) is 0 Å². The summed E-state index contributed by atoms with van der Waals surface area (Å²) in [5.41, 5.74) is 4.42. The first-order chi connectivity index (χ1) is 13.5. The number of carbonyl (C=O) groups is 1. The van der Waals surface area contributed by atoms with Gasteiger partial charge in [-0.15, -0.1) is 0 Å². The van der Waals surface area contributed by atoms with Gasteiger partial charge in [0.1, 0.15) is 0 Å². The minimum atomic E-state index is -0.427. The zero-order chi connectivity index (χ0) is 19.9. The first-order valence-corrected chi connectivity index (χ1v) is 9.11. The van der Waals surface area contributed by atoms with Gasteiger partial charge >= 0.3 is 0 Å². The van der Waals surface area contributed by atoms with Crippen molar-refractivity contribution in [1.82, 2.24) is 10.4 Å². The molecule has 2 aromatic carbocycles. The number of benzene rings is 2. The molecule has 3 rings (SSSR count). The normalized spacial score (nSPS) is 10.8. The van der Waals surface area contributed by atoms with Crippen molar-refractivity contribution in [3.05, 3.63) is 93.8 Å². The van der Waals surface area contributed by atoms with Gasteiger partial charge in [-0.05, 0) is 37.3 Å². The molecule has 0 aliphatic carbocycles. The third-order valence-corrected chi connectivity index (χ3v) is 4.82. The number of nitro groups is 1. The van der Waals surface area contributed by atoms with Gasteiger partial charge in [-0.1, -0.05) is 35.5 Å². The molecule has 28 heavy (non-hydrogen) atoms. The van der Waals surface area contributed by atoms with E-state index in [4.69, 9.17) is 0 Å². The van der Waals surface area contributed by atoms with E-state index in [1.165, 1.54) is 36.4 Å². The van der Waals surface area contributed by atoms with Crippen LogP contribution in [0.25, 0.3) is 0 Å². The molecule has 3 aromatic rings. The highest BCUT2D eigenvalue weighted by Gasteiger charge is 2.15. The van der Waals surface area contributed by atoms with Crippen molar-refractivity contribution in [1.29, 1.82) is 0 Å². The summed E-state index contributed by atoms with van der Waals surface area (Å²) in [4.78, 5) is 28.2. The van der Waals surface area contributed by atoms with E-state index < -0.39 is 4.92 Å². The third kappa shape index (κ3) is 5.01. The van der Waals surface area contributed by atoms with Crippen LogP contribution >= 0.6 is 11.8 Å². The molecule has 0 aliphatic heterocycles. The Morgan fingerprint density at radius 1 is 1.14 bits per heavy atom. The smallest absolute Gasteiger partial charge is 0.267 e. The highest BCUT2D eigenvalue weighted by molar-refractivity contribution is 7.99. The van der Waals surface area contributed by atoms with Crippen molar-refractivity contribution >= 4 is 29.6 Å². The maximum atomic E-state index is 11.9. The second kappa shape index (κ2) is 8.92. The van der Waals surface area contributed by atoms with Crippen LogP contribution in [-0.2, 0) is 0 Å². The summed E-state index contributed by atoms with van der Waals surface area (Å²) in [5.74, 6) is -0.389. The number of rotatable bonds is 6. The first kappa shape index (κ1) is 19.2. The van der Waals surface area contributed by atoms with E-state index in [0.29, 0.717) is 16.0 Å². The molecule has 7 nitrogen and oxygen atoms in total. The van der Waals surface area contributed by atoms with E-state index in [2.05, 4.69) is 15.5 Å². The summed E-state index contributed by atoms with van der Waals surface area (Å²) in [5, 5.41) is 15.3. The number of nitrogens with zero attached hydrogens (tertiary/aromatic N) is 3. The van der Waals surface area contributed by atoms with Crippen LogP contribution in [0.1, 0.15) is 21.5 Å². The van der Waals surface area contributed by atoms with Crippen LogP contribution < -0.4 is 5.43 Å². The summed E-state index contributed by atoms with van der Waals surface area (Å²) >= 11 is 1.32. The predicted molar refractivity (Wildman–Crippen MR) is 108 cm³/mol. The average molecular weight is 392 g/mol. The largest absolute Gasteiger partial charge is 0.283 e. The molecule has 0 atom stereocenters. The standard InChI is InChI=1S/C20H16N4O3S/c1-14-2-5-17(6-3-14)28-19-7-4-15(12-18(19)24(26)27)13-22-23-20(25)16-8-10-21-11-9-16/h2-13H,1H3,(H,23,25). The monoisotopic (exact) mass is 392 g/mol. The third-order valence-electron chi connectivity index (χ3n) is 3.75. The topological polar surface area (TPSA) is 97.5 Å². The zero-order valence-electron chi connectivity index (χ0n) is 14.9. The molecule has 8 heteroatoms. The van der Waals surface area contributed by atoms with Crippen LogP contribution in [0.2, 0.25) is 0 Å². The summed E-state index contributed by atoms with van der Waals surface area (Å²) in [6.07, 6.45) is 4.38. The van der Waals surface area contributed by atoms with Gasteiger partial charge in [0.25, 0.3) is 11.6 Å². The lowest BCUT2D eigenvalue weighted by Crippen LogP contribution is -2.17. The number of hydrogen-bond acceptors (Lipinski definition) is 6. The Morgan fingerprint density at radius 2 is 1.86 bits per heavy atom.